The second kappa shape index (κ2) is 12.7. The summed E-state index contributed by atoms with van der Waals surface area (Å²) in [5.41, 5.74) is 1.29. The molecule has 1 N–H and O–H groups in total. The molecule has 0 bridgehead atoms. The second-order valence-corrected chi connectivity index (χ2v) is 12.0. The van der Waals surface area contributed by atoms with Gasteiger partial charge < -0.3 is 14.2 Å². The molecule has 1 amide bonds. The minimum Gasteiger partial charge on any atom is -0.489 e. The molecule has 2 heterocycles. The van der Waals surface area contributed by atoms with E-state index in [0.717, 1.165) is 11.8 Å². The van der Waals surface area contributed by atoms with Gasteiger partial charge in [0, 0.05) is 31.8 Å². The number of rotatable bonds is 10. The molecule has 1 fully saturated rings. The lowest BCUT2D eigenvalue weighted by Gasteiger charge is -2.30. The molecule has 4 rings (SSSR count). The molecule has 0 radical (unpaired) electrons. The molecule has 1 aromatic heterocycles. The Morgan fingerprint density at radius 1 is 1.13 bits per heavy atom. The fourth-order valence-corrected chi connectivity index (χ4v) is 5.91. The van der Waals surface area contributed by atoms with Crippen LogP contribution in [-0.4, -0.2) is 56.5 Å². The number of thiazole rings is 1. The zero-order chi connectivity index (χ0) is 28.0. The van der Waals surface area contributed by atoms with Gasteiger partial charge in [-0.2, -0.15) is 8.70 Å². The first-order valence-corrected chi connectivity index (χ1v) is 14.5. The zero-order valence-corrected chi connectivity index (χ0v) is 23.5. The number of carbonyl (C=O) groups excluding carboxylic acids is 1. The largest absolute Gasteiger partial charge is 0.489 e. The van der Waals surface area contributed by atoms with Gasteiger partial charge in [0.25, 0.3) is 5.91 Å². The smallest absolute Gasteiger partial charge is 0.257 e. The lowest BCUT2D eigenvalue weighted by atomic mass is 10.1. The summed E-state index contributed by atoms with van der Waals surface area (Å²) in [6, 6.07) is 10.8. The maximum Gasteiger partial charge on any atom is 0.257 e. The topological polar surface area (TPSA) is 107 Å². The lowest BCUT2D eigenvalue weighted by molar-refractivity contribution is 0.0604. The molecule has 3 aromatic rings. The molecule has 1 saturated heterocycles. The predicted molar refractivity (Wildman–Crippen MR) is 147 cm³/mol. The summed E-state index contributed by atoms with van der Waals surface area (Å²) < 4.78 is 58.0. The molecule has 0 spiro atoms. The second-order valence-electron chi connectivity index (χ2n) is 9.12. The quantitative estimate of drug-likeness (QED) is 0.320. The number of ether oxygens (including phenoxy) is 3. The molecule has 12 heteroatoms. The lowest BCUT2D eigenvalue weighted by Crippen LogP contribution is -2.40. The Morgan fingerprint density at radius 3 is 2.44 bits per heavy atom. The number of halogens is 1. The van der Waals surface area contributed by atoms with Gasteiger partial charge in [-0.1, -0.05) is 16.9 Å². The zero-order valence-electron chi connectivity index (χ0n) is 21.8. The van der Waals surface area contributed by atoms with Gasteiger partial charge >= 0.3 is 0 Å². The number of nitrogens with one attached hydrogen (secondary N) is 1. The van der Waals surface area contributed by atoms with Crippen LogP contribution < -0.4 is 14.8 Å². The van der Waals surface area contributed by atoms with Crippen molar-refractivity contribution in [3.8, 4) is 17.2 Å². The number of hydrogen-bond donors (Lipinski definition) is 1. The van der Waals surface area contributed by atoms with Crippen LogP contribution in [0, 0.1) is 5.13 Å². The normalized spacial score (nSPS) is 14.6. The monoisotopic (exact) mass is 575 g/mol. The van der Waals surface area contributed by atoms with E-state index >= 15 is 0 Å². The molecule has 2 aromatic carbocycles. The number of amides is 1. The Bertz CT molecular complexity index is 1430. The van der Waals surface area contributed by atoms with E-state index in [1.807, 2.05) is 19.9 Å². The number of aromatic nitrogens is 1. The van der Waals surface area contributed by atoms with Gasteiger partial charge in [-0.25, -0.2) is 13.4 Å². The number of benzene rings is 2. The number of carbonyl (C=O) groups is 1. The van der Waals surface area contributed by atoms with Crippen molar-refractivity contribution in [1.29, 1.82) is 0 Å². The number of anilines is 1. The van der Waals surface area contributed by atoms with E-state index in [-0.39, 0.29) is 21.7 Å². The summed E-state index contributed by atoms with van der Waals surface area (Å²) in [7, 11) is -2.01. The van der Waals surface area contributed by atoms with Crippen LogP contribution in [0.4, 0.5) is 9.52 Å². The van der Waals surface area contributed by atoms with E-state index in [0.29, 0.717) is 61.1 Å². The predicted octanol–water partition coefficient (Wildman–Crippen LogP) is 5.47. The van der Waals surface area contributed by atoms with Crippen molar-refractivity contribution in [2.24, 2.45) is 0 Å². The highest BCUT2D eigenvalue weighted by Gasteiger charge is 2.29. The number of sulfonamides is 1. The number of methoxy groups -OCH3 is 1. The van der Waals surface area contributed by atoms with Crippen LogP contribution in [0.25, 0.3) is 0 Å². The van der Waals surface area contributed by atoms with Crippen LogP contribution in [0.1, 0.15) is 37.0 Å². The minimum absolute atomic E-state index is 0.0729. The van der Waals surface area contributed by atoms with Crippen LogP contribution in [0.5, 0.6) is 17.2 Å². The summed E-state index contributed by atoms with van der Waals surface area (Å²) in [6.45, 7) is 4.98. The molecule has 39 heavy (non-hydrogen) atoms. The van der Waals surface area contributed by atoms with Gasteiger partial charge in [0.1, 0.15) is 23.9 Å². The highest BCUT2D eigenvalue weighted by molar-refractivity contribution is 7.89. The van der Waals surface area contributed by atoms with Crippen molar-refractivity contribution in [3.05, 3.63) is 71.0 Å². The van der Waals surface area contributed by atoms with Gasteiger partial charge in [-0.15, -0.1) is 0 Å². The molecule has 1 aliphatic rings. The van der Waals surface area contributed by atoms with Crippen molar-refractivity contribution >= 4 is 32.4 Å². The first kappa shape index (κ1) is 28.7. The van der Waals surface area contributed by atoms with Crippen LogP contribution in [0.2, 0.25) is 0 Å². The number of hydrogen-bond acceptors (Lipinski definition) is 8. The molecular weight excluding hydrogens is 545 g/mol. The molecule has 208 valence electrons. The molecule has 0 saturated carbocycles. The van der Waals surface area contributed by atoms with E-state index in [2.05, 4.69) is 10.3 Å². The van der Waals surface area contributed by atoms with Crippen LogP contribution in [0.15, 0.2) is 65.2 Å². The van der Waals surface area contributed by atoms with Crippen molar-refractivity contribution in [3.63, 3.8) is 0 Å². The van der Waals surface area contributed by atoms with E-state index in [4.69, 9.17) is 14.2 Å². The maximum atomic E-state index is 13.3. The summed E-state index contributed by atoms with van der Waals surface area (Å²) >= 11 is 0.715. The molecule has 0 aliphatic carbocycles. The Balaban J connectivity index is 1.52. The Labute approximate surface area is 231 Å². The van der Waals surface area contributed by atoms with Crippen molar-refractivity contribution < 1.29 is 31.8 Å². The summed E-state index contributed by atoms with van der Waals surface area (Å²) in [5, 5.41) is 2.17. The maximum absolute atomic E-state index is 13.3. The molecule has 0 unspecified atom stereocenters. The van der Waals surface area contributed by atoms with Gasteiger partial charge in [0.2, 0.25) is 10.0 Å². The van der Waals surface area contributed by atoms with Crippen molar-refractivity contribution in [2.75, 3.05) is 32.1 Å². The summed E-state index contributed by atoms with van der Waals surface area (Å²) in [6.07, 6.45) is 4.29. The third-order valence-corrected chi connectivity index (χ3v) is 8.63. The van der Waals surface area contributed by atoms with E-state index in [9.17, 15) is 17.6 Å². The number of allylic oxidation sites excluding steroid dienone is 1. The fourth-order valence-electron chi connectivity index (χ4n) is 3.90. The van der Waals surface area contributed by atoms with Gasteiger partial charge in [0.05, 0.1) is 17.2 Å². The highest BCUT2D eigenvalue weighted by Crippen LogP contribution is 2.30. The SMILES string of the molecule is COC1CCN(S(=O)(=O)c2ccc(Oc3cc(OCC=C(C)C)cc(C(=O)Nc4ncc(F)s4)c3)cc2)CC1. The third kappa shape index (κ3) is 7.63. The van der Waals surface area contributed by atoms with E-state index in [1.165, 1.54) is 22.5 Å². The number of piperidine rings is 1. The summed E-state index contributed by atoms with van der Waals surface area (Å²) in [4.78, 5) is 16.8. The standard InChI is InChI=1S/C27H30FN3O6S2/c1-18(2)10-13-36-22-14-19(26(32)30-27-29-17-25(28)38-27)15-23(16-22)37-21-4-6-24(7-5-21)39(33,34)31-11-8-20(35-3)9-12-31/h4-7,10,14-17,20H,8-9,11-13H2,1-3H3,(H,29,30,32). The summed E-state index contributed by atoms with van der Waals surface area (Å²) in [5.74, 6) is 0.555. The molecule has 1 aliphatic heterocycles. The first-order valence-electron chi connectivity index (χ1n) is 12.3. The number of nitrogens with zero attached hydrogens (tertiary/aromatic N) is 2. The van der Waals surface area contributed by atoms with Crippen LogP contribution in [0.3, 0.4) is 0 Å². The Morgan fingerprint density at radius 2 is 1.82 bits per heavy atom. The highest BCUT2D eigenvalue weighted by atomic mass is 32.2. The van der Waals surface area contributed by atoms with E-state index in [1.54, 1.807) is 31.4 Å². The average molecular weight is 576 g/mol. The van der Waals surface area contributed by atoms with Gasteiger partial charge in [0.15, 0.2) is 10.3 Å². The van der Waals surface area contributed by atoms with Crippen LogP contribution >= 0.6 is 11.3 Å². The van der Waals surface area contributed by atoms with Crippen molar-refractivity contribution in [1.82, 2.24) is 9.29 Å². The van der Waals surface area contributed by atoms with Gasteiger partial charge in [-0.3, -0.25) is 10.1 Å². The first-order chi connectivity index (χ1) is 18.6. The average Bonchev–Trinajstić information content (AvgIpc) is 3.33. The van der Waals surface area contributed by atoms with Gasteiger partial charge in [-0.05, 0) is 69.2 Å². The van der Waals surface area contributed by atoms with Crippen LogP contribution in [-0.2, 0) is 14.8 Å². The molecule has 9 nitrogen and oxygen atoms in total. The fraction of sp³-hybridized carbons (Fsp3) is 0.333. The molecular formula is C27H30FN3O6S2. The minimum atomic E-state index is -3.64. The van der Waals surface area contributed by atoms with Crippen molar-refractivity contribution in [2.45, 2.75) is 37.7 Å². The Hall–Kier alpha value is -3.32. The van der Waals surface area contributed by atoms with E-state index < -0.39 is 21.1 Å². The third-order valence-electron chi connectivity index (χ3n) is 6.01. The Kier molecular flexibility index (Phi) is 9.33. The molecule has 0 atom stereocenters.